The minimum absolute atomic E-state index is 0.180. The van der Waals surface area contributed by atoms with Gasteiger partial charge in [0.15, 0.2) is 0 Å². The third-order valence-electron chi connectivity index (χ3n) is 2.77. The van der Waals surface area contributed by atoms with Crippen molar-refractivity contribution in [3.63, 3.8) is 0 Å². The second kappa shape index (κ2) is 5.15. The fraction of sp³-hybridized carbons (Fsp3) is 0.250. The number of hydrogen-bond acceptors (Lipinski definition) is 1. The first-order valence-electron chi connectivity index (χ1n) is 5.99. The Kier molecular flexibility index (Phi) is 3.76. The van der Waals surface area contributed by atoms with E-state index in [-0.39, 0.29) is 11.2 Å². The Labute approximate surface area is 112 Å². The molecule has 0 N–H and O–H groups in total. The van der Waals surface area contributed by atoms with Crippen LogP contribution in [0.3, 0.4) is 0 Å². The number of rotatable bonds is 2. The monoisotopic (exact) mass is 260 g/mol. The van der Waals surface area contributed by atoms with Gasteiger partial charge in [-0.25, -0.2) is 4.39 Å². The van der Waals surface area contributed by atoms with Crippen molar-refractivity contribution in [3.05, 3.63) is 59.9 Å². The van der Waals surface area contributed by atoms with Crippen molar-refractivity contribution in [2.24, 2.45) is 0 Å². The number of halogens is 1. The summed E-state index contributed by atoms with van der Waals surface area (Å²) in [7, 11) is 0. The van der Waals surface area contributed by atoms with E-state index in [0.29, 0.717) is 0 Å². The summed E-state index contributed by atoms with van der Waals surface area (Å²) in [4.78, 5) is 2.23. The van der Waals surface area contributed by atoms with Crippen molar-refractivity contribution < 1.29 is 4.39 Å². The largest absolute Gasteiger partial charge is 0.207 e. The average Bonchev–Trinajstić information content (AvgIpc) is 2.32. The maximum absolute atomic E-state index is 12.8. The van der Waals surface area contributed by atoms with Gasteiger partial charge in [0, 0.05) is 9.79 Å². The minimum Gasteiger partial charge on any atom is -0.207 e. The molecule has 0 bridgehead atoms. The van der Waals surface area contributed by atoms with Gasteiger partial charge in [0.05, 0.1) is 0 Å². The van der Waals surface area contributed by atoms with Crippen LogP contribution >= 0.6 is 11.8 Å². The Morgan fingerprint density at radius 1 is 0.778 bits per heavy atom. The van der Waals surface area contributed by atoms with Gasteiger partial charge in [-0.1, -0.05) is 44.7 Å². The van der Waals surface area contributed by atoms with E-state index < -0.39 is 0 Å². The van der Waals surface area contributed by atoms with Gasteiger partial charge in [0.25, 0.3) is 0 Å². The topological polar surface area (TPSA) is 0 Å². The van der Waals surface area contributed by atoms with Gasteiger partial charge >= 0.3 is 0 Å². The van der Waals surface area contributed by atoms with E-state index in [4.69, 9.17) is 0 Å². The van der Waals surface area contributed by atoms with Crippen LogP contribution in [0.5, 0.6) is 0 Å². The van der Waals surface area contributed by atoms with Crippen LogP contribution in [0.15, 0.2) is 58.3 Å². The van der Waals surface area contributed by atoms with Crippen molar-refractivity contribution in [1.29, 1.82) is 0 Å². The van der Waals surface area contributed by atoms with Crippen LogP contribution < -0.4 is 0 Å². The van der Waals surface area contributed by atoms with Crippen LogP contribution in [0.1, 0.15) is 26.3 Å². The van der Waals surface area contributed by atoms with Crippen molar-refractivity contribution in [1.82, 2.24) is 0 Å². The number of benzene rings is 2. The molecule has 2 heteroatoms. The molecule has 0 radical (unpaired) electrons. The molecular formula is C16H17FS. The molecule has 0 fully saturated rings. The van der Waals surface area contributed by atoms with Crippen LogP contribution in [-0.4, -0.2) is 0 Å². The minimum atomic E-state index is -0.192. The highest BCUT2D eigenvalue weighted by Crippen LogP contribution is 2.30. The Hall–Kier alpha value is -1.28. The maximum atomic E-state index is 12.8. The molecule has 94 valence electrons. The highest BCUT2D eigenvalue weighted by atomic mass is 32.2. The third-order valence-corrected chi connectivity index (χ3v) is 3.79. The third kappa shape index (κ3) is 3.36. The summed E-state index contributed by atoms with van der Waals surface area (Å²) in [5, 5.41) is 0. The summed E-state index contributed by atoms with van der Waals surface area (Å²) >= 11 is 1.65. The predicted molar refractivity (Wildman–Crippen MR) is 75.7 cm³/mol. The van der Waals surface area contributed by atoms with E-state index in [1.807, 2.05) is 0 Å². The molecule has 2 rings (SSSR count). The van der Waals surface area contributed by atoms with Crippen LogP contribution in [0, 0.1) is 5.82 Å². The Morgan fingerprint density at radius 2 is 1.22 bits per heavy atom. The summed E-state index contributed by atoms with van der Waals surface area (Å²) in [6, 6.07) is 15.1. The zero-order valence-electron chi connectivity index (χ0n) is 10.9. The Balaban J connectivity index is 2.13. The standard InChI is InChI=1S/C16H17FS/c1-16(2,3)12-4-8-14(9-5-12)18-15-10-6-13(17)7-11-15/h4-11H,1-3H3. The molecule has 0 atom stereocenters. The molecule has 2 aromatic carbocycles. The lowest BCUT2D eigenvalue weighted by Crippen LogP contribution is -2.10. The zero-order valence-corrected chi connectivity index (χ0v) is 11.7. The second-order valence-electron chi connectivity index (χ2n) is 5.33. The molecule has 0 unspecified atom stereocenters. The van der Waals surface area contributed by atoms with E-state index in [1.54, 1.807) is 23.9 Å². The quantitative estimate of drug-likeness (QED) is 0.708. The molecule has 0 aromatic heterocycles. The molecule has 0 saturated carbocycles. The predicted octanol–water partition coefficient (Wildman–Crippen LogP) is 5.27. The molecule has 0 nitrogen and oxygen atoms in total. The normalized spacial score (nSPS) is 11.6. The van der Waals surface area contributed by atoms with Crippen LogP contribution in [0.2, 0.25) is 0 Å². The summed E-state index contributed by atoms with van der Waals surface area (Å²) in [6.45, 7) is 6.61. The van der Waals surface area contributed by atoms with Crippen molar-refractivity contribution in [3.8, 4) is 0 Å². The maximum Gasteiger partial charge on any atom is 0.123 e. The van der Waals surface area contributed by atoms with Crippen LogP contribution in [0.25, 0.3) is 0 Å². The molecular weight excluding hydrogens is 243 g/mol. The van der Waals surface area contributed by atoms with Crippen LogP contribution in [0.4, 0.5) is 4.39 Å². The Morgan fingerprint density at radius 3 is 1.67 bits per heavy atom. The van der Waals surface area contributed by atoms with Gasteiger partial charge in [0.1, 0.15) is 5.82 Å². The molecule has 0 aliphatic heterocycles. The van der Waals surface area contributed by atoms with Gasteiger partial charge in [-0.3, -0.25) is 0 Å². The van der Waals surface area contributed by atoms with Crippen molar-refractivity contribution >= 4 is 11.8 Å². The van der Waals surface area contributed by atoms with E-state index in [9.17, 15) is 4.39 Å². The molecule has 18 heavy (non-hydrogen) atoms. The summed E-state index contributed by atoms with van der Waals surface area (Å²) < 4.78 is 12.8. The molecule has 2 aromatic rings. The van der Waals surface area contributed by atoms with E-state index in [1.165, 1.54) is 22.6 Å². The first kappa shape index (κ1) is 13.2. The lowest BCUT2D eigenvalue weighted by Gasteiger charge is -2.19. The lowest BCUT2D eigenvalue weighted by molar-refractivity contribution is 0.590. The lowest BCUT2D eigenvalue weighted by atomic mass is 9.87. The number of hydrogen-bond donors (Lipinski definition) is 0. The van der Waals surface area contributed by atoms with Crippen molar-refractivity contribution in [2.75, 3.05) is 0 Å². The summed E-state index contributed by atoms with van der Waals surface area (Å²) in [5.41, 5.74) is 1.50. The highest BCUT2D eigenvalue weighted by Gasteiger charge is 2.12. The van der Waals surface area contributed by atoms with Gasteiger partial charge in [-0.2, -0.15) is 0 Å². The summed E-state index contributed by atoms with van der Waals surface area (Å²) in [5.74, 6) is -0.192. The second-order valence-corrected chi connectivity index (χ2v) is 6.48. The zero-order chi connectivity index (χ0) is 13.2. The van der Waals surface area contributed by atoms with E-state index >= 15 is 0 Å². The average molecular weight is 260 g/mol. The SMILES string of the molecule is CC(C)(C)c1ccc(Sc2ccc(F)cc2)cc1. The molecule has 0 spiro atoms. The van der Waals surface area contributed by atoms with Crippen LogP contribution in [-0.2, 0) is 5.41 Å². The fourth-order valence-electron chi connectivity index (χ4n) is 1.66. The molecule has 0 heterocycles. The van der Waals surface area contributed by atoms with Gasteiger partial charge in [0.2, 0.25) is 0 Å². The van der Waals surface area contributed by atoms with E-state index in [0.717, 1.165) is 4.90 Å². The smallest absolute Gasteiger partial charge is 0.123 e. The van der Waals surface area contributed by atoms with Crippen molar-refractivity contribution in [2.45, 2.75) is 36.0 Å². The first-order chi connectivity index (χ1) is 8.45. The van der Waals surface area contributed by atoms with Gasteiger partial charge < -0.3 is 0 Å². The first-order valence-corrected chi connectivity index (χ1v) is 6.81. The fourth-order valence-corrected chi connectivity index (χ4v) is 2.48. The van der Waals surface area contributed by atoms with E-state index in [2.05, 4.69) is 45.0 Å². The van der Waals surface area contributed by atoms with Gasteiger partial charge in [-0.05, 0) is 47.4 Å². The molecule has 0 aliphatic rings. The molecule has 0 saturated heterocycles. The summed E-state index contributed by atoms with van der Waals surface area (Å²) in [6.07, 6.45) is 0. The Bertz CT molecular complexity index is 506. The van der Waals surface area contributed by atoms with Gasteiger partial charge in [-0.15, -0.1) is 0 Å². The highest BCUT2D eigenvalue weighted by molar-refractivity contribution is 7.99. The molecule has 0 aliphatic carbocycles. The molecule has 0 amide bonds.